The minimum Gasteiger partial charge on any atom is -0.454 e. The third-order valence-corrected chi connectivity index (χ3v) is 4.83. The van der Waals surface area contributed by atoms with Crippen molar-refractivity contribution in [2.75, 3.05) is 26.6 Å². The van der Waals surface area contributed by atoms with Crippen LogP contribution in [0.5, 0.6) is 11.5 Å². The minimum absolute atomic E-state index is 0.109. The van der Waals surface area contributed by atoms with Crippen molar-refractivity contribution in [1.82, 2.24) is 14.7 Å². The van der Waals surface area contributed by atoms with Crippen LogP contribution in [-0.4, -0.2) is 47.1 Å². The van der Waals surface area contributed by atoms with Gasteiger partial charge in [-0.05, 0) is 37.1 Å². The highest BCUT2D eigenvalue weighted by Gasteiger charge is 2.28. The molecule has 1 aromatic heterocycles. The molecule has 7 nitrogen and oxygen atoms in total. The molecule has 0 bridgehead atoms. The second-order valence-electron chi connectivity index (χ2n) is 6.55. The molecular formula is C19H23N3O4. The van der Waals surface area contributed by atoms with E-state index >= 15 is 0 Å². The van der Waals surface area contributed by atoms with Crippen LogP contribution in [0.4, 0.5) is 0 Å². The van der Waals surface area contributed by atoms with E-state index in [-0.39, 0.29) is 18.7 Å². The Morgan fingerprint density at radius 1 is 1.31 bits per heavy atom. The van der Waals surface area contributed by atoms with Gasteiger partial charge in [0.1, 0.15) is 0 Å². The van der Waals surface area contributed by atoms with Gasteiger partial charge in [0.2, 0.25) is 12.7 Å². The number of amides is 1. The van der Waals surface area contributed by atoms with E-state index in [1.165, 1.54) is 0 Å². The zero-order valence-corrected chi connectivity index (χ0v) is 14.9. The van der Waals surface area contributed by atoms with Crippen LogP contribution in [0.25, 0.3) is 0 Å². The highest BCUT2D eigenvalue weighted by atomic mass is 16.7. The second-order valence-corrected chi connectivity index (χ2v) is 6.55. The summed E-state index contributed by atoms with van der Waals surface area (Å²) in [7, 11) is 0. The summed E-state index contributed by atoms with van der Waals surface area (Å²) in [6, 6.07) is 7.81. The van der Waals surface area contributed by atoms with E-state index in [0.29, 0.717) is 38.5 Å². The van der Waals surface area contributed by atoms with Crippen LogP contribution in [0, 0.1) is 0 Å². The number of hydrogen-bond acceptors (Lipinski definition) is 5. The molecule has 7 heteroatoms. The first-order valence-corrected chi connectivity index (χ1v) is 9.01. The van der Waals surface area contributed by atoms with Gasteiger partial charge in [-0.15, -0.1) is 0 Å². The average molecular weight is 357 g/mol. The third-order valence-electron chi connectivity index (χ3n) is 4.83. The summed E-state index contributed by atoms with van der Waals surface area (Å²) in [4.78, 5) is 14.8. The third kappa shape index (κ3) is 3.39. The SMILES string of the molecule is CCOCCC1CN(C(=O)Cc2ccc3c(c2)OCO3)Cc2ccnn21. The molecule has 1 atom stereocenters. The van der Waals surface area contributed by atoms with Crippen molar-refractivity contribution in [2.45, 2.75) is 32.4 Å². The maximum atomic E-state index is 12.9. The fourth-order valence-electron chi connectivity index (χ4n) is 3.49. The summed E-state index contributed by atoms with van der Waals surface area (Å²) in [5, 5.41) is 4.43. The lowest BCUT2D eigenvalue weighted by Crippen LogP contribution is -2.42. The van der Waals surface area contributed by atoms with E-state index in [0.717, 1.165) is 23.4 Å². The summed E-state index contributed by atoms with van der Waals surface area (Å²) < 4.78 is 18.3. The van der Waals surface area contributed by atoms with E-state index in [1.807, 2.05) is 40.8 Å². The van der Waals surface area contributed by atoms with E-state index < -0.39 is 0 Å². The van der Waals surface area contributed by atoms with Crippen LogP contribution < -0.4 is 9.47 Å². The van der Waals surface area contributed by atoms with Crippen LogP contribution in [0.15, 0.2) is 30.5 Å². The lowest BCUT2D eigenvalue weighted by Gasteiger charge is -2.34. The van der Waals surface area contributed by atoms with E-state index in [4.69, 9.17) is 14.2 Å². The average Bonchev–Trinajstić information content (AvgIpc) is 3.30. The molecule has 0 spiro atoms. The molecule has 2 aliphatic rings. The first kappa shape index (κ1) is 16.9. The number of aromatic nitrogens is 2. The topological polar surface area (TPSA) is 65.8 Å². The fraction of sp³-hybridized carbons (Fsp3) is 0.474. The Bertz CT molecular complexity index is 789. The Labute approximate surface area is 152 Å². The molecule has 26 heavy (non-hydrogen) atoms. The van der Waals surface area contributed by atoms with Crippen molar-refractivity contribution in [1.29, 1.82) is 0 Å². The summed E-state index contributed by atoms with van der Waals surface area (Å²) in [6.07, 6.45) is 2.99. The zero-order chi connectivity index (χ0) is 17.9. The molecule has 2 aliphatic heterocycles. The van der Waals surface area contributed by atoms with Crippen LogP contribution in [-0.2, 0) is 22.5 Å². The second kappa shape index (κ2) is 7.37. The maximum Gasteiger partial charge on any atom is 0.231 e. The highest BCUT2D eigenvalue weighted by Crippen LogP contribution is 2.33. The quantitative estimate of drug-likeness (QED) is 0.741. The predicted molar refractivity (Wildman–Crippen MR) is 94.1 cm³/mol. The Morgan fingerprint density at radius 2 is 2.19 bits per heavy atom. The van der Waals surface area contributed by atoms with Gasteiger partial charge in [-0.25, -0.2) is 0 Å². The largest absolute Gasteiger partial charge is 0.454 e. The fourth-order valence-corrected chi connectivity index (χ4v) is 3.49. The molecule has 4 rings (SSSR count). The van der Waals surface area contributed by atoms with Crippen LogP contribution in [0.3, 0.4) is 0 Å². The van der Waals surface area contributed by atoms with Crippen LogP contribution >= 0.6 is 0 Å². The highest BCUT2D eigenvalue weighted by molar-refractivity contribution is 5.79. The number of ether oxygens (including phenoxy) is 3. The zero-order valence-electron chi connectivity index (χ0n) is 14.9. The van der Waals surface area contributed by atoms with Gasteiger partial charge in [-0.2, -0.15) is 5.10 Å². The summed E-state index contributed by atoms with van der Waals surface area (Å²) in [5.41, 5.74) is 2.00. The molecule has 1 unspecified atom stereocenters. The van der Waals surface area contributed by atoms with Crippen molar-refractivity contribution in [2.24, 2.45) is 0 Å². The molecular weight excluding hydrogens is 334 g/mol. The van der Waals surface area contributed by atoms with Crippen molar-refractivity contribution in [3.8, 4) is 11.5 Å². The van der Waals surface area contributed by atoms with Gasteiger partial charge in [-0.1, -0.05) is 6.07 Å². The number of rotatable bonds is 6. The Kier molecular flexibility index (Phi) is 4.79. The van der Waals surface area contributed by atoms with Gasteiger partial charge in [0.15, 0.2) is 11.5 Å². The number of fused-ring (bicyclic) bond motifs is 2. The van der Waals surface area contributed by atoms with Gasteiger partial charge < -0.3 is 19.1 Å². The van der Waals surface area contributed by atoms with Crippen molar-refractivity contribution in [3.05, 3.63) is 41.7 Å². The van der Waals surface area contributed by atoms with Gasteiger partial charge in [0.05, 0.1) is 24.7 Å². The molecule has 1 amide bonds. The number of hydrogen-bond donors (Lipinski definition) is 0. The molecule has 138 valence electrons. The van der Waals surface area contributed by atoms with Gasteiger partial charge in [0, 0.05) is 26.0 Å². The van der Waals surface area contributed by atoms with Crippen molar-refractivity contribution in [3.63, 3.8) is 0 Å². The molecule has 0 aliphatic carbocycles. The molecule has 0 radical (unpaired) electrons. The van der Waals surface area contributed by atoms with E-state index in [1.54, 1.807) is 6.20 Å². The number of nitrogens with zero attached hydrogens (tertiary/aromatic N) is 3. The summed E-state index contributed by atoms with van der Waals surface area (Å²) in [5.74, 6) is 1.55. The van der Waals surface area contributed by atoms with Crippen molar-refractivity contribution < 1.29 is 19.0 Å². The van der Waals surface area contributed by atoms with Gasteiger partial charge in [0.25, 0.3) is 0 Å². The maximum absolute atomic E-state index is 12.9. The van der Waals surface area contributed by atoms with Crippen molar-refractivity contribution >= 4 is 5.91 Å². The molecule has 0 saturated carbocycles. The molecule has 0 saturated heterocycles. The molecule has 0 fully saturated rings. The Balaban J connectivity index is 1.44. The van der Waals surface area contributed by atoms with Crippen LogP contribution in [0.1, 0.15) is 30.6 Å². The van der Waals surface area contributed by atoms with E-state index in [2.05, 4.69) is 5.10 Å². The van der Waals surface area contributed by atoms with E-state index in [9.17, 15) is 4.79 Å². The lowest BCUT2D eigenvalue weighted by atomic mass is 10.1. The monoisotopic (exact) mass is 357 g/mol. The Hall–Kier alpha value is -2.54. The number of carbonyl (C=O) groups excluding carboxylic acids is 1. The summed E-state index contributed by atoms with van der Waals surface area (Å²) >= 11 is 0. The molecule has 3 heterocycles. The first-order valence-electron chi connectivity index (χ1n) is 9.01. The predicted octanol–water partition coefficient (Wildman–Crippen LogP) is 2.16. The molecule has 0 N–H and O–H groups in total. The first-order chi connectivity index (χ1) is 12.7. The molecule has 2 aromatic rings. The molecule has 1 aromatic carbocycles. The van der Waals surface area contributed by atoms with Gasteiger partial charge >= 0.3 is 0 Å². The normalized spacial score (nSPS) is 18.0. The Morgan fingerprint density at radius 3 is 3.08 bits per heavy atom. The lowest BCUT2D eigenvalue weighted by molar-refractivity contribution is -0.132. The summed E-state index contributed by atoms with van der Waals surface area (Å²) in [6.45, 7) is 4.85. The van der Waals surface area contributed by atoms with Crippen LogP contribution in [0.2, 0.25) is 0 Å². The standard InChI is InChI=1S/C19H23N3O4/c1-2-24-8-6-16-12-21(11-15-5-7-20-22(15)16)19(23)10-14-3-4-17-18(9-14)26-13-25-17/h3-5,7,9,16H,2,6,8,10-13H2,1H3. The number of benzene rings is 1. The van der Waals surface area contributed by atoms with Gasteiger partial charge in [-0.3, -0.25) is 9.48 Å². The smallest absolute Gasteiger partial charge is 0.231 e. The minimum atomic E-state index is 0.109. The number of carbonyl (C=O) groups is 1.